The van der Waals surface area contributed by atoms with Gasteiger partial charge in [-0.3, -0.25) is 4.79 Å². The van der Waals surface area contributed by atoms with Crippen LogP contribution in [0.4, 0.5) is 0 Å². The number of benzene rings is 1. The monoisotopic (exact) mass is 446 g/mol. The Morgan fingerprint density at radius 1 is 1.12 bits per heavy atom. The molecule has 0 saturated carbocycles. The van der Waals surface area contributed by atoms with Crippen molar-refractivity contribution in [3.8, 4) is 11.5 Å². The predicted molar refractivity (Wildman–Crippen MR) is 122 cm³/mol. The van der Waals surface area contributed by atoms with Crippen molar-refractivity contribution in [2.75, 3.05) is 20.3 Å². The second kappa shape index (κ2) is 14.8. The molecular weight excluding hydrogens is 412 g/mol. The first-order chi connectivity index (χ1) is 15.3. The topological polar surface area (TPSA) is 107 Å². The van der Waals surface area contributed by atoms with Gasteiger partial charge in [-0.2, -0.15) is 0 Å². The van der Waals surface area contributed by atoms with Crippen LogP contribution in [0.15, 0.2) is 42.6 Å². The summed E-state index contributed by atoms with van der Waals surface area (Å²) in [5, 5.41) is 12.4. The van der Waals surface area contributed by atoms with Crippen LogP contribution in [0.25, 0.3) is 0 Å². The van der Waals surface area contributed by atoms with Crippen molar-refractivity contribution in [1.29, 1.82) is 0 Å². The number of pyridine rings is 1. The average molecular weight is 447 g/mol. The number of ether oxygens (including phenoxy) is 3. The predicted octanol–water partition coefficient (Wildman–Crippen LogP) is 3.66. The summed E-state index contributed by atoms with van der Waals surface area (Å²) in [4.78, 5) is 28.0. The van der Waals surface area contributed by atoms with E-state index in [-0.39, 0.29) is 23.3 Å². The van der Waals surface area contributed by atoms with E-state index in [1.807, 2.05) is 25.1 Å². The third-order valence-corrected chi connectivity index (χ3v) is 4.30. The van der Waals surface area contributed by atoms with Crippen molar-refractivity contribution in [1.82, 2.24) is 10.3 Å². The van der Waals surface area contributed by atoms with Gasteiger partial charge < -0.3 is 24.6 Å². The minimum Gasteiger partial charge on any atom is -0.503 e. The molecule has 8 heteroatoms. The van der Waals surface area contributed by atoms with E-state index in [1.165, 1.54) is 31.9 Å². The van der Waals surface area contributed by atoms with Gasteiger partial charge in [0.05, 0.1) is 13.7 Å². The van der Waals surface area contributed by atoms with E-state index in [0.717, 1.165) is 6.42 Å². The van der Waals surface area contributed by atoms with Gasteiger partial charge in [-0.15, -0.1) is 0 Å². The number of aromatic hydroxyl groups is 1. The minimum absolute atomic E-state index is 0.121. The molecule has 32 heavy (non-hydrogen) atoms. The molecule has 1 aromatic carbocycles. The lowest BCUT2D eigenvalue weighted by molar-refractivity contribution is -0.150. The fraction of sp³-hybridized carbons (Fsp3) is 0.458. The molecule has 1 amide bonds. The van der Waals surface area contributed by atoms with Crippen LogP contribution in [0.3, 0.4) is 0 Å². The van der Waals surface area contributed by atoms with Crippen LogP contribution >= 0.6 is 0 Å². The number of hydrogen-bond donors (Lipinski definition) is 2. The summed E-state index contributed by atoms with van der Waals surface area (Å²) in [5.74, 6) is -1.53. The number of methoxy groups -OCH3 is 1. The smallest absolute Gasteiger partial charge is 0.328 e. The summed E-state index contributed by atoms with van der Waals surface area (Å²) in [6.07, 6.45) is 2.51. The number of carbonyl (C=O) groups excluding carboxylic acids is 2. The Morgan fingerprint density at radius 2 is 1.81 bits per heavy atom. The number of carbonyl (C=O) groups is 2. The Kier molecular flexibility index (Phi) is 12.4. The van der Waals surface area contributed by atoms with Crippen LogP contribution in [0, 0.1) is 6.92 Å². The Labute approximate surface area is 189 Å². The second-order valence-corrected chi connectivity index (χ2v) is 7.21. The summed E-state index contributed by atoms with van der Waals surface area (Å²) < 4.78 is 15.5. The number of nitrogens with zero attached hydrogens (tertiary/aromatic N) is 1. The first kappa shape index (κ1) is 26.9. The lowest BCUT2D eigenvalue weighted by Crippen LogP contribution is -2.41. The van der Waals surface area contributed by atoms with Crippen molar-refractivity contribution in [2.24, 2.45) is 0 Å². The largest absolute Gasteiger partial charge is 0.503 e. The number of nitrogens with one attached hydrogen (secondary N) is 1. The molecule has 2 atom stereocenters. The van der Waals surface area contributed by atoms with Crippen LogP contribution in [-0.2, 0) is 14.3 Å². The van der Waals surface area contributed by atoms with E-state index in [9.17, 15) is 14.7 Å². The zero-order valence-corrected chi connectivity index (χ0v) is 19.5. The minimum atomic E-state index is -0.890. The van der Waals surface area contributed by atoms with Gasteiger partial charge in [0.25, 0.3) is 5.91 Å². The number of esters is 1. The van der Waals surface area contributed by atoms with Crippen LogP contribution in [0.1, 0.15) is 49.7 Å². The maximum atomic E-state index is 12.2. The maximum absolute atomic E-state index is 12.2. The molecular formula is C24H34N2O6. The Morgan fingerprint density at radius 3 is 2.38 bits per heavy atom. The van der Waals surface area contributed by atoms with Gasteiger partial charge >= 0.3 is 5.97 Å². The third kappa shape index (κ3) is 9.78. The van der Waals surface area contributed by atoms with Crippen molar-refractivity contribution >= 4 is 11.9 Å². The molecule has 0 saturated heterocycles. The molecule has 0 spiro atoms. The van der Waals surface area contributed by atoms with Crippen molar-refractivity contribution < 1.29 is 28.9 Å². The van der Waals surface area contributed by atoms with Gasteiger partial charge in [-0.05, 0) is 27.2 Å². The third-order valence-electron chi connectivity index (χ3n) is 4.30. The van der Waals surface area contributed by atoms with E-state index < -0.39 is 17.9 Å². The highest BCUT2D eigenvalue weighted by molar-refractivity contribution is 5.97. The SMILES string of the molecule is CCCOCCC(C)OC(=O)C(C)NC(=O)c1nccc(OC)c1O.Cc1ccccc1. The molecule has 8 nitrogen and oxygen atoms in total. The lowest BCUT2D eigenvalue weighted by Gasteiger charge is -2.18. The molecule has 0 bridgehead atoms. The van der Waals surface area contributed by atoms with Crippen LogP contribution in [0.5, 0.6) is 11.5 Å². The zero-order chi connectivity index (χ0) is 23.9. The Bertz CT molecular complexity index is 828. The molecule has 0 aliphatic carbocycles. The van der Waals surface area contributed by atoms with E-state index in [1.54, 1.807) is 6.92 Å². The van der Waals surface area contributed by atoms with Crippen LogP contribution in [-0.4, -0.2) is 54.4 Å². The number of aryl methyl sites for hydroxylation is 1. The Balaban J connectivity index is 0.000000616. The van der Waals surface area contributed by atoms with E-state index in [0.29, 0.717) is 19.6 Å². The molecule has 2 rings (SSSR count). The highest BCUT2D eigenvalue weighted by Crippen LogP contribution is 2.27. The first-order valence-electron chi connectivity index (χ1n) is 10.6. The normalized spacial score (nSPS) is 12.0. The molecule has 0 aliphatic heterocycles. The lowest BCUT2D eigenvalue weighted by atomic mass is 10.2. The van der Waals surface area contributed by atoms with Crippen molar-refractivity contribution in [3.63, 3.8) is 0 Å². The highest BCUT2D eigenvalue weighted by atomic mass is 16.5. The summed E-state index contributed by atoms with van der Waals surface area (Å²) >= 11 is 0. The molecule has 1 heterocycles. The second-order valence-electron chi connectivity index (χ2n) is 7.21. The van der Waals surface area contributed by atoms with E-state index in [4.69, 9.17) is 14.2 Å². The first-order valence-corrected chi connectivity index (χ1v) is 10.6. The standard InChI is InChI=1S/C17H26N2O6.C7H8/c1-5-9-24-10-7-11(2)25-17(22)12(3)19-16(21)14-15(20)13(23-4)6-8-18-14;1-7-5-3-2-4-6-7/h6,8,11-12,20H,5,7,9-10H2,1-4H3,(H,19,21);2-6H,1H3. The molecule has 2 N–H and O–H groups in total. The average Bonchev–Trinajstić information content (AvgIpc) is 2.77. The summed E-state index contributed by atoms with van der Waals surface area (Å²) in [7, 11) is 1.36. The fourth-order valence-electron chi connectivity index (χ4n) is 2.48. The van der Waals surface area contributed by atoms with Gasteiger partial charge in [0.2, 0.25) is 0 Å². The van der Waals surface area contributed by atoms with Gasteiger partial charge in [-0.25, -0.2) is 9.78 Å². The molecule has 176 valence electrons. The van der Waals surface area contributed by atoms with Crippen molar-refractivity contribution in [3.05, 3.63) is 53.9 Å². The number of rotatable bonds is 10. The maximum Gasteiger partial charge on any atom is 0.328 e. The highest BCUT2D eigenvalue weighted by Gasteiger charge is 2.23. The van der Waals surface area contributed by atoms with Gasteiger partial charge in [-0.1, -0.05) is 42.8 Å². The summed E-state index contributed by atoms with van der Waals surface area (Å²) in [6, 6.07) is 10.8. The van der Waals surface area contributed by atoms with Crippen LogP contribution < -0.4 is 10.1 Å². The zero-order valence-electron chi connectivity index (χ0n) is 19.5. The molecule has 2 unspecified atom stereocenters. The summed E-state index contributed by atoms with van der Waals surface area (Å²) in [6.45, 7) is 8.53. The fourth-order valence-corrected chi connectivity index (χ4v) is 2.48. The van der Waals surface area contributed by atoms with Gasteiger partial charge in [0, 0.05) is 25.3 Å². The molecule has 0 radical (unpaired) electrons. The quantitative estimate of drug-likeness (QED) is 0.424. The van der Waals surface area contributed by atoms with Gasteiger partial charge in [0.1, 0.15) is 12.1 Å². The molecule has 0 fully saturated rings. The number of hydrogen-bond acceptors (Lipinski definition) is 7. The number of aromatic nitrogens is 1. The Hall–Kier alpha value is -3.13. The van der Waals surface area contributed by atoms with E-state index in [2.05, 4.69) is 29.4 Å². The number of amides is 1. The summed E-state index contributed by atoms with van der Waals surface area (Å²) in [5.41, 5.74) is 1.10. The molecule has 1 aromatic heterocycles. The molecule has 2 aromatic rings. The van der Waals surface area contributed by atoms with Gasteiger partial charge in [0.15, 0.2) is 17.2 Å². The van der Waals surface area contributed by atoms with E-state index >= 15 is 0 Å². The molecule has 0 aliphatic rings. The van der Waals surface area contributed by atoms with Crippen molar-refractivity contribution in [2.45, 2.75) is 52.7 Å². The van der Waals surface area contributed by atoms with Crippen LogP contribution in [0.2, 0.25) is 0 Å².